The summed E-state index contributed by atoms with van der Waals surface area (Å²) in [5.41, 5.74) is 0.491. The summed E-state index contributed by atoms with van der Waals surface area (Å²) in [6, 6.07) is 5.22. The summed E-state index contributed by atoms with van der Waals surface area (Å²) < 4.78 is 12.2. The second-order valence-corrected chi connectivity index (χ2v) is 8.32. The lowest BCUT2D eigenvalue weighted by Gasteiger charge is -2.32. The van der Waals surface area contributed by atoms with Gasteiger partial charge in [-0.1, -0.05) is 17.7 Å². The summed E-state index contributed by atoms with van der Waals surface area (Å²) in [6.45, 7) is 9.48. The highest BCUT2D eigenvalue weighted by Crippen LogP contribution is 2.40. The normalized spacial score (nSPS) is 18.5. The molecule has 0 spiro atoms. The molecule has 8 heteroatoms. The summed E-state index contributed by atoms with van der Waals surface area (Å²) >= 11 is 6.38. The third kappa shape index (κ3) is 3.88. The lowest BCUT2D eigenvalue weighted by Crippen LogP contribution is -2.41. The minimum absolute atomic E-state index is 0.0110. The van der Waals surface area contributed by atoms with Crippen molar-refractivity contribution >= 4 is 41.6 Å². The number of phenols is 1. The predicted molar refractivity (Wildman–Crippen MR) is 111 cm³/mol. The first kappa shape index (κ1) is 20.6. The highest BCUT2D eigenvalue weighted by Gasteiger charge is 2.52. The Morgan fingerprint density at radius 2 is 1.96 bits per heavy atom. The molecule has 1 amide bonds. The summed E-state index contributed by atoms with van der Waals surface area (Å²) in [7, 11) is -0.672. The smallest absolute Gasteiger partial charge is 0.492 e. The number of pyridine rings is 1. The number of nitrogens with zero attached hydrogens (tertiary/aromatic N) is 1. The third-order valence-electron chi connectivity index (χ3n) is 5.28. The van der Waals surface area contributed by atoms with Crippen LogP contribution in [0.2, 0.25) is 5.02 Å². The first-order chi connectivity index (χ1) is 13.0. The molecule has 2 heterocycles. The lowest BCUT2D eigenvalue weighted by atomic mass is 9.76. The molecule has 1 aromatic carbocycles. The van der Waals surface area contributed by atoms with E-state index in [0.717, 1.165) is 0 Å². The van der Waals surface area contributed by atoms with E-state index >= 15 is 0 Å². The average molecular weight is 403 g/mol. The Bertz CT molecular complexity index is 943. The molecule has 1 aromatic heterocycles. The van der Waals surface area contributed by atoms with Crippen LogP contribution >= 0.6 is 11.6 Å². The number of carbonyl (C=O) groups excluding carboxylic acids is 1. The zero-order valence-corrected chi connectivity index (χ0v) is 17.4. The van der Waals surface area contributed by atoms with Gasteiger partial charge in [0, 0.05) is 30.6 Å². The van der Waals surface area contributed by atoms with Crippen LogP contribution in [-0.2, 0) is 14.1 Å². The van der Waals surface area contributed by atoms with Gasteiger partial charge in [0.1, 0.15) is 11.3 Å². The first-order valence-corrected chi connectivity index (χ1v) is 9.46. The van der Waals surface area contributed by atoms with Crippen LogP contribution in [0.1, 0.15) is 40.2 Å². The van der Waals surface area contributed by atoms with Crippen LogP contribution in [0.15, 0.2) is 29.9 Å². The zero-order chi connectivity index (χ0) is 20.7. The monoisotopic (exact) mass is 402 g/mol. The van der Waals surface area contributed by atoms with Crippen molar-refractivity contribution in [1.29, 1.82) is 0 Å². The van der Waals surface area contributed by atoms with Crippen molar-refractivity contribution in [2.75, 3.05) is 6.54 Å². The van der Waals surface area contributed by atoms with Crippen LogP contribution in [0.5, 0.6) is 5.75 Å². The number of rotatable bonds is 4. The molecule has 3 rings (SSSR count). The summed E-state index contributed by atoms with van der Waals surface area (Å²) in [4.78, 5) is 15.7. The maximum Gasteiger partial charge on any atom is 0.492 e. The molecule has 0 atom stereocenters. The van der Waals surface area contributed by atoms with Gasteiger partial charge in [-0.15, -0.1) is 0 Å². The molecule has 1 fully saturated rings. The Kier molecular flexibility index (Phi) is 5.45. The highest BCUT2D eigenvalue weighted by molar-refractivity contribution is 6.56. The number of phenolic OH excluding ortho intramolecular Hbond substituents is 1. The fourth-order valence-corrected chi connectivity index (χ4v) is 3.21. The van der Waals surface area contributed by atoms with Crippen LogP contribution in [-0.4, -0.2) is 40.9 Å². The molecule has 0 bridgehead atoms. The predicted octanol–water partition coefficient (Wildman–Crippen LogP) is 3.74. The second-order valence-electron chi connectivity index (χ2n) is 7.91. The number of aromatic nitrogens is 1. The second kappa shape index (κ2) is 7.39. The van der Waals surface area contributed by atoms with Crippen LogP contribution in [0, 0.1) is 0 Å². The highest BCUT2D eigenvalue weighted by atomic mass is 35.5. The molecule has 0 unspecified atom stereocenters. The zero-order valence-electron chi connectivity index (χ0n) is 16.7. The van der Waals surface area contributed by atoms with Crippen molar-refractivity contribution in [2.45, 2.75) is 45.8 Å². The molecule has 28 heavy (non-hydrogen) atoms. The number of halogens is 1. The molecule has 1 saturated heterocycles. The molecule has 0 aliphatic carbocycles. The molecule has 2 N–H and O–H groups in total. The van der Waals surface area contributed by atoms with E-state index < -0.39 is 18.3 Å². The third-order valence-corrected chi connectivity index (χ3v) is 5.60. The summed E-state index contributed by atoms with van der Waals surface area (Å²) in [6.07, 6.45) is 3.33. The Morgan fingerprint density at radius 1 is 1.32 bits per heavy atom. The van der Waals surface area contributed by atoms with Crippen molar-refractivity contribution in [3.05, 3.63) is 40.5 Å². The number of hydrogen-bond acceptors (Lipinski definition) is 5. The number of carbonyl (C=O) groups is 1. The van der Waals surface area contributed by atoms with Crippen molar-refractivity contribution in [3.8, 4) is 5.75 Å². The fourth-order valence-electron chi connectivity index (χ4n) is 2.94. The van der Waals surface area contributed by atoms with Gasteiger partial charge in [-0.05, 0) is 51.4 Å². The van der Waals surface area contributed by atoms with E-state index in [1.807, 2.05) is 27.7 Å². The SMILES string of the molecule is CC(=O)NCC(=Cc1cc(Cl)c2cccnc2c1O)B1OC(C)(C)C(C)(C)O1. The van der Waals surface area contributed by atoms with Crippen molar-refractivity contribution in [1.82, 2.24) is 10.3 Å². The number of nitrogens with one attached hydrogen (secondary N) is 1. The van der Waals surface area contributed by atoms with Gasteiger partial charge in [-0.2, -0.15) is 0 Å². The number of aromatic hydroxyl groups is 1. The van der Waals surface area contributed by atoms with Crippen molar-refractivity contribution in [3.63, 3.8) is 0 Å². The van der Waals surface area contributed by atoms with E-state index in [0.29, 0.717) is 27.0 Å². The van der Waals surface area contributed by atoms with E-state index in [-0.39, 0.29) is 18.2 Å². The molecule has 2 aromatic rings. The van der Waals surface area contributed by atoms with Gasteiger partial charge in [-0.25, -0.2) is 0 Å². The molecule has 1 aliphatic heterocycles. The van der Waals surface area contributed by atoms with Crippen LogP contribution in [0.4, 0.5) is 0 Å². The van der Waals surface area contributed by atoms with Gasteiger partial charge in [-0.3, -0.25) is 9.78 Å². The molecular formula is C20H24BClN2O4. The number of hydrogen-bond donors (Lipinski definition) is 2. The maximum absolute atomic E-state index is 11.5. The Morgan fingerprint density at radius 3 is 2.57 bits per heavy atom. The van der Waals surface area contributed by atoms with E-state index in [1.54, 1.807) is 30.5 Å². The molecule has 0 saturated carbocycles. The Balaban J connectivity index is 2.06. The van der Waals surface area contributed by atoms with E-state index in [1.165, 1.54) is 6.92 Å². The quantitative estimate of drug-likeness (QED) is 0.761. The molecule has 1 aliphatic rings. The molecular weight excluding hydrogens is 378 g/mol. The van der Waals surface area contributed by atoms with Crippen LogP contribution in [0.25, 0.3) is 17.0 Å². The maximum atomic E-state index is 11.5. The van der Waals surface area contributed by atoms with E-state index in [4.69, 9.17) is 20.9 Å². The van der Waals surface area contributed by atoms with E-state index in [2.05, 4.69) is 10.3 Å². The van der Waals surface area contributed by atoms with Gasteiger partial charge in [0.05, 0.1) is 16.2 Å². The van der Waals surface area contributed by atoms with E-state index in [9.17, 15) is 9.90 Å². The first-order valence-electron chi connectivity index (χ1n) is 9.08. The summed E-state index contributed by atoms with van der Waals surface area (Å²) in [5, 5.41) is 14.6. The van der Waals surface area contributed by atoms with Gasteiger partial charge in [0.2, 0.25) is 5.91 Å². The molecule has 6 nitrogen and oxygen atoms in total. The standard InChI is InChI=1S/C20H24BClN2O4/c1-12(25)24-11-14(21-27-19(2,3)20(4,5)28-21)9-13-10-16(22)15-7-6-8-23-17(15)18(13)26/h6-10,26H,11H2,1-5H3,(H,24,25). The Hall–Kier alpha value is -2.09. The largest absolute Gasteiger partial charge is 0.505 e. The van der Waals surface area contributed by atoms with Crippen LogP contribution < -0.4 is 5.32 Å². The van der Waals surface area contributed by atoms with Crippen LogP contribution in [0.3, 0.4) is 0 Å². The van der Waals surface area contributed by atoms with Crippen molar-refractivity contribution in [2.24, 2.45) is 0 Å². The number of benzene rings is 1. The average Bonchev–Trinajstić information content (AvgIpc) is 2.83. The minimum atomic E-state index is -0.672. The summed E-state index contributed by atoms with van der Waals surface area (Å²) in [5.74, 6) is -0.165. The van der Waals surface area contributed by atoms with Crippen molar-refractivity contribution < 1.29 is 19.2 Å². The fraction of sp³-hybridized carbons (Fsp3) is 0.400. The minimum Gasteiger partial charge on any atom is -0.505 e. The number of fused-ring (bicyclic) bond motifs is 1. The Labute approximate surface area is 170 Å². The van der Waals surface area contributed by atoms with Gasteiger partial charge in [0.15, 0.2) is 0 Å². The molecule has 148 valence electrons. The van der Waals surface area contributed by atoms with Gasteiger partial charge < -0.3 is 19.7 Å². The number of amides is 1. The topological polar surface area (TPSA) is 80.7 Å². The van der Waals surface area contributed by atoms with Gasteiger partial charge in [0.25, 0.3) is 0 Å². The lowest BCUT2D eigenvalue weighted by molar-refractivity contribution is -0.118. The molecule has 0 radical (unpaired) electrons. The van der Waals surface area contributed by atoms with Gasteiger partial charge >= 0.3 is 7.12 Å².